The summed E-state index contributed by atoms with van der Waals surface area (Å²) < 4.78 is 1.99. The van der Waals surface area contributed by atoms with Crippen LogP contribution >= 0.6 is 0 Å². The normalized spacial score (nSPS) is 9.41. The Hall–Kier alpha value is -1.38. The van der Waals surface area contributed by atoms with E-state index in [4.69, 9.17) is 0 Å². The monoisotopic (exact) mass is 235 g/mol. The third kappa shape index (κ3) is 3.84. The lowest BCUT2D eigenvalue weighted by molar-refractivity contribution is 0.815. The molecular formula is C14H25N3. The van der Waals surface area contributed by atoms with Crippen LogP contribution in [0.2, 0.25) is 0 Å². The van der Waals surface area contributed by atoms with Crippen LogP contribution in [0.3, 0.4) is 0 Å². The van der Waals surface area contributed by atoms with Crippen LogP contribution in [0.1, 0.15) is 58.8 Å². The van der Waals surface area contributed by atoms with Gasteiger partial charge in [-0.15, -0.1) is 0 Å². The number of nitrogens with zero attached hydrogens (tertiary/aromatic N) is 3. The van der Waals surface area contributed by atoms with Crippen molar-refractivity contribution in [1.82, 2.24) is 14.4 Å². The van der Waals surface area contributed by atoms with Gasteiger partial charge in [0.15, 0.2) is 0 Å². The standard InChI is InChI=1S/C10H13N3.2C2H6/c1-7(2)9-4-5-13-8(3)6-11-10(13)12-9;2*1-2/h4-7H,1-3H3;2*1-2H3. The van der Waals surface area contributed by atoms with Crippen molar-refractivity contribution in [3.63, 3.8) is 0 Å². The summed E-state index contributed by atoms with van der Waals surface area (Å²) in [5, 5.41) is 0. The number of aryl methyl sites for hydroxylation is 1. The summed E-state index contributed by atoms with van der Waals surface area (Å²) in [7, 11) is 0. The van der Waals surface area contributed by atoms with E-state index in [0.717, 1.165) is 17.2 Å². The first kappa shape index (κ1) is 15.6. The molecule has 0 radical (unpaired) electrons. The van der Waals surface area contributed by atoms with Crippen LogP contribution in [-0.4, -0.2) is 14.4 Å². The zero-order chi connectivity index (χ0) is 13.4. The number of fused-ring (bicyclic) bond motifs is 1. The second-order valence-corrected chi connectivity index (χ2v) is 3.58. The lowest BCUT2D eigenvalue weighted by Gasteiger charge is -2.03. The summed E-state index contributed by atoms with van der Waals surface area (Å²) in [4.78, 5) is 8.66. The lowest BCUT2D eigenvalue weighted by atomic mass is 10.1. The van der Waals surface area contributed by atoms with Crippen LogP contribution in [-0.2, 0) is 0 Å². The largest absolute Gasteiger partial charge is 0.288 e. The summed E-state index contributed by atoms with van der Waals surface area (Å²) in [6.45, 7) is 14.3. The molecule has 0 saturated heterocycles. The Kier molecular flexibility index (Phi) is 7.19. The first-order valence-electron chi connectivity index (χ1n) is 6.49. The maximum Gasteiger partial charge on any atom is 0.234 e. The summed E-state index contributed by atoms with van der Waals surface area (Å²) in [6, 6.07) is 2.05. The molecule has 2 aromatic rings. The predicted octanol–water partition coefficient (Wildman–Crippen LogP) is 4.21. The van der Waals surface area contributed by atoms with Crippen molar-refractivity contribution in [3.05, 3.63) is 29.8 Å². The number of imidazole rings is 1. The Morgan fingerprint density at radius 1 is 1.12 bits per heavy atom. The molecule has 0 atom stereocenters. The Bertz CT molecular complexity index is 430. The first-order valence-corrected chi connectivity index (χ1v) is 6.49. The van der Waals surface area contributed by atoms with E-state index in [0.29, 0.717) is 5.92 Å². The molecule has 0 amide bonds. The fourth-order valence-corrected chi connectivity index (χ4v) is 1.33. The quantitative estimate of drug-likeness (QED) is 0.741. The molecule has 0 aliphatic heterocycles. The molecule has 2 aromatic heterocycles. The molecule has 0 saturated carbocycles. The SMILES string of the molecule is CC.CC.Cc1cnc2nc(C(C)C)ccn12. The second-order valence-electron chi connectivity index (χ2n) is 3.58. The van der Waals surface area contributed by atoms with E-state index in [1.165, 1.54) is 0 Å². The summed E-state index contributed by atoms with van der Waals surface area (Å²) >= 11 is 0. The molecule has 0 aliphatic rings. The molecule has 2 heterocycles. The lowest BCUT2D eigenvalue weighted by Crippen LogP contribution is -1.97. The Balaban J connectivity index is 0.000000581. The van der Waals surface area contributed by atoms with Crippen molar-refractivity contribution < 1.29 is 0 Å². The van der Waals surface area contributed by atoms with E-state index < -0.39 is 0 Å². The topological polar surface area (TPSA) is 30.2 Å². The molecule has 0 N–H and O–H groups in total. The molecule has 17 heavy (non-hydrogen) atoms. The molecule has 3 heteroatoms. The zero-order valence-electron chi connectivity index (χ0n) is 12.2. The minimum Gasteiger partial charge on any atom is -0.288 e. The van der Waals surface area contributed by atoms with Gasteiger partial charge in [-0.1, -0.05) is 41.5 Å². The number of aromatic nitrogens is 3. The van der Waals surface area contributed by atoms with Crippen LogP contribution < -0.4 is 0 Å². The number of rotatable bonds is 1. The van der Waals surface area contributed by atoms with Crippen molar-refractivity contribution in [3.8, 4) is 0 Å². The van der Waals surface area contributed by atoms with Crippen LogP contribution in [0.25, 0.3) is 5.78 Å². The third-order valence-electron chi connectivity index (χ3n) is 2.18. The Morgan fingerprint density at radius 2 is 1.71 bits per heavy atom. The van der Waals surface area contributed by atoms with Crippen molar-refractivity contribution >= 4 is 5.78 Å². The van der Waals surface area contributed by atoms with Gasteiger partial charge in [-0.3, -0.25) is 4.40 Å². The van der Waals surface area contributed by atoms with Gasteiger partial charge in [0.2, 0.25) is 5.78 Å². The number of hydrogen-bond acceptors (Lipinski definition) is 2. The Morgan fingerprint density at radius 3 is 2.24 bits per heavy atom. The molecule has 2 rings (SSSR count). The van der Waals surface area contributed by atoms with Crippen molar-refractivity contribution in [1.29, 1.82) is 0 Å². The molecule has 0 spiro atoms. The van der Waals surface area contributed by atoms with Crippen LogP contribution in [0.15, 0.2) is 18.5 Å². The van der Waals surface area contributed by atoms with Gasteiger partial charge in [0.1, 0.15) is 0 Å². The summed E-state index contributed by atoms with van der Waals surface area (Å²) in [6.07, 6.45) is 3.87. The van der Waals surface area contributed by atoms with E-state index >= 15 is 0 Å². The molecule has 0 aliphatic carbocycles. The molecular weight excluding hydrogens is 210 g/mol. The Labute approximate surface area is 105 Å². The highest BCUT2D eigenvalue weighted by atomic mass is 15.1. The minimum absolute atomic E-state index is 0.460. The fraction of sp³-hybridized carbons (Fsp3) is 0.571. The molecule has 3 nitrogen and oxygen atoms in total. The fourth-order valence-electron chi connectivity index (χ4n) is 1.33. The zero-order valence-corrected chi connectivity index (χ0v) is 12.2. The third-order valence-corrected chi connectivity index (χ3v) is 2.18. The van der Waals surface area contributed by atoms with Crippen molar-refractivity contribution in [2.24, 2.45) is 0 Å². The summed E-state index contributed by atoms with van der Waals surface area (Å²) in [5.41, 5.74) is 2.22. The van der Waals surface area contributed by atoms with Gasteiger partial charge in [-0.2, -0.15) is 0 Å². The van der Waals surface area contributed by atoms with Gasteiger partial charge in [0.05, 0.1) is 6.20 Å². The van der Waals surface area contributed by atoms with Crippen LogP contribution in [0.4, 0.5) is 0 Å². The van der Waals surface area contributed by atoms with Gasteiger partial charge < -0.3 is 0 Å². The maximum absolute atomic E-state index is 4.45. The highest BCUT2D eigenvalue weighted by Gasteiger charge is 2.04. The highest BCUT2D eigenvalue weighted by Crippen LogP contribution is 2.12. The smallest absolute Gasteiger partial charge is 0.234 e. The molecule has 96 valence electrons. The highest BCUT2D eigenvalue weighted by molar-refractivity contribution is 5.32. The average Bonchev–Trinajstić information content (AvgIpc) is 2.75. The maximum atomic E-state index is 4.45. The van der Waals surface area contributed by atoms with E-state index in [2.05, 4.69) is 23.8 Å². The van der Waals surface area contributed by atoms with Crippen LogP contribution in [0, 0.1) is 6.92 Å². The molecule has 0 unspecified atom stereocenters. The minimum atomic E-state index is 0.460. The van der Waals surface area contributed by atoms with Crippen LogP contribution in [0.5, 0.6) is 0 Å². The van der Waals surface area contributed by atoms with E-state index in [1.54, 1.807) is 0 Å². The predicted molar refractivity (Wildman–Crippen MR) is 74.5 cm³/mol. The average molecular weight is 235 g/mol. The number of hydrogen-bond donors (Lipinski definition) is 0. The van der Waals surface area contributed by atoms with Gasteiger partial charge in [-0.05, 0) is 18.9 Å². The van der Waals surface area contributed by atoms with E-state index in [9.17, 15) is 0 Å². The van der Waals surface area contributed by atoms with Gasteiger partial charge in [-0.25, -0.2) is 9.97 Å². The second kappa shape index (κ2) is 7.82. The van der Waals surface area contributed by atoms with Gasteiger partial charge in [0.25, 0.3) is 0 Å². The first-order chi connectivity index (χ1) is 8.18. The van der Waals surface area contributed by atoms with Gasteiger partial charge in [0, 0.05) is 17.6 Å². The van der Waals surface area contributed by atoms with Gasteiger partial charge >= 0.3 is 0 Å². The molecule has 0 bridgehead atoms. The van der Waals surface area contributed by atoms with E-state index in [1.807, 2.05) is 57.5 Å². The van der Waals surface area contributed by atoms with Crippen molar-refractivity contribution in [2.75, 3.05) is 0 Å². The van der Waals surface area contributed by atoms with Crippen molar-refractivity contribution in [2.45, 2.75) is 54.4 Å². The summed E-state index contributed by atoms with van der Waals surface area (Å²) in [5.74, 6) is 1.26. The molecule has 0 fully saturated rings. The van der Waals surface area contributed by atoms with E-state index in [-0.39, 0.29) is 0 Å². The molecule has 0 aromatic carbocycles.